The lowest BCUT2D eigenvalue weighted by atomic mass is 9.85. The number of nitrogens with one attached hydrogen (secondary N) is 1. The molecule has 1 amide bonds. The summed E-state index contributed by atoms with van der Waals surface area (Å²) < 4.78 is 29.1. The van der Waals surface area contributed by atoms with Crippen LogP contribution in [0.2, 0.25) is 0 Å². The Kier molecular flexibility index (Phi) is 4.65. The summed E-state index contributed by atoms with van der Waals surface area (Å²) in [7, 11) is -4.01. The number of anilines is 1. The number of fused-ring (bicyclic) bond motifs is 1. The average Bonchev–Trinajstić information content (AvgIpc) is 2.92. The molecule has 0 spiro atoms. The molecular weight excluding hydrogens is 404 g/mol. The van der Waals surface area contributed by atoms with Crippen molar-refractivity contribution in [2.24, 2.45) is 9.81 Å². The van der Waals surface area contributed by atoms with E-state index in [0.29, 0.717) is 11.4 Å². The molecule has 0 aliphatic carbocycles. The number of aliphatic hydroxyl groups is 1. The summed E-state index contributed by atoms with van der Waals surface area (Å²) in [5.41, 5.74) is 0.322. The maximum absolute atomic E-state index is 13.4. The van der Waals surface area contributed by atoms with Crippen LogP contribution in [-0.2, 0) is 21.4 Å². The van der Waals surface area contributed by atoms with Gasteiger partial charge in [0.2, 0.25) is 0 Å². The minimum Gasteiger partial charge on any atom is -0.509 e. The van der Waals surface area contributed by atoms with Crippen LogP contribution in [0.4, 0.5) is 5.69 Å². The second-order valence-electron chi connectivity index (χ2n) is 8.32. The lowest BCUT2D eigenvalue weighted by molar-refractivity contribution is -0.129. The Labute approximate surface area is 175 Å². The summed E-state index contributed by atoms with van der Waals surface area (Å²) in [6, 6.07) is 11.0. The summed E-state index contributed by atoms with van der Waals surface area (Å²) in [5, 5.41) is 14.0. The third-order valence-electron chi connectivity index (χ3n) is 5.05. The molecule has 0 fully saturated rings. The molecule has 156 valence electrons. The van der Waals surface area contributed by atoms with Crippen molar-refractivity contribution < 1.29 is 18.3 Å². The van der Waals surface area contributed by atoms with Crippen LogP contribution >= 0.6 is 0 Å². The molecule has 0 radical (unpaired) electrons. The van der Waals surface area contributed by atoms with Gasteiger partial charge in [0.05, 0.1) is 24.0 Å². The van der Waals surface area contributed by atoms with Gasteiger partial charge < -0.3 is 15.3 Å². The molecule has 0 unspecified atom stereocenters. The first-order valence-electron chi connectivity index (χ1n) is 9.45. The van der Waals surface area contributed by atoms with Gasteiger partial charge in [0, 0.05) is 6.20 Å². The predicted octanol–water partition coefficient (Wildman–Crippen LogP) is 2.86. The van der Waals surface area contributed by atoms with Crippen molar-refractivity contribution in [1.82, 2.24) is 9.88 Å². The molecule has 9 heteroatoms. The molecule has 2 aliphatic heterocycles. The molecule has 4 rings (SSSR count). The number of para-hydroxylation sites is 1. The van der Waals surface area contributed by atoms with E-state index < -0.39 is 27.4 Å². The number of amidine groups is 1. The number of carbonyl (C=O) groups excluding carboxylic acids is 1. The zero-order chi connectivity index (χ0) is 21.7. The Morgan fingerprint density at radius 3 is 2.50 bits per heavy atom. The highest BCUT2D eigenvalue weighted by molar-refractivity contribution is 7.90. The maximum atomic E-state index is 13.4. The minimum atomic E-state index is -4.01. The van der Waals surface area contributed by atoms with Gasteiger partial charge in [0.1, 0.15) is 16.2 Å². The fraction of sp³-hybridized carbons (Fsp3) is 0.286. The number of aliphatic hydroxyl groups excluding tert-OH is 1. The van der Waals surface area contributed by atoms with E-state index in [4.69, 9.17) is 0 Å². The first kappa shape index (κ1) is 20.1. The number of hydrogen-bond acceptors (Lipinski definition) is 6. The summed E-state index contributed by atoms with van der Waals surface area (Å²) in [6.45, 7) is 5.87. The maximum Gasteiger partial charge on any atom is 0.286 e. The predicted molar refractivity (Wildman–Crippen MR) is 112 cm³/mol. The molecule has 1 aromatic carbocycles. The highest BCUT2D eigenvalue weighted by Crippen LogP contribution is 2.39. The largest absolute Gasteiger partial charge is 0.509 e. The Morgan fingerprint density at radius 1 is 1.13 bits per heavy atom. The second-order valence-corrected chi connectivity index (χ2v) is 9.89. The molecule has 0 saturated heterocycles. The van der Waals surface area contributed by atoms with Crippen LogP contribution in [0.1, 0.15) is 26.5 Å². The third-order valence-corrected chi connectivity index (χ3v) is 6.38. The van der Waals surface area contributed by atoms with E-state index in [2.05, 4.69) is 14.7 Å². The second kappa shape index (κ2) is 6.94. The average molecular weight is 426 g/mol. The van der Waals surface area contributed by atoms with E-state index in [1.54, 1.807) is 36.5 Å². The Hall–Kier alpha value is -3.20. The van der Waals surface area contributed by atoms with Crippen LogP contribution in [-0.4, -0.2) is 41.2 Å². The van der Waals surface area contributed by atoms with Crippen molar-refractivity contribution in [3.63, 3.8) is 0 Å². The van der Waals surface area contributed by atoms with E-state index in [-0.39, 0.29) is 28.6 Å². The van der Waals surface area contributed by atoms with Crippen LogP contribution < -0.4 is 5.32 Å². The highest BCUT2D eigenvalue weighted by Gasteiger charge is 2.48. The molecule has 1 atom stereocenters. The van der Waals surface area contributed by atoms with Gasteiger partial charge in [-0.25, -0.2) is 0 Å². The number of aromatic nitrogens is 1. The Morgan fingerprint density at radius 2 is 1.83 bits per heavy atom. The van der Waals surface area contributed by atoms with Gasteiger partial charge in [-0.1, -0.05) is 39.0 Å². The van der Waals surface area contributed by atoms with Gasteiger partial charge in [-0.15, -0.1) is 4.40 Å². The fourth-order valence-electron chi connectivity index (χ4n) is 3.81. The van der Waals surface area contributed by atoms with Crippen molar-refractivity contribution in [1.29, 1.82) is 0 Å². The molecule has 30 heavy (non-hydrogen) atoms. The van der Waals surface area contributed by atoms with Crippen molar-refractivity contribution >= 4 is 27.5 Å². The summed E-state index contributed by atoms with van der Waals surface area (Å²) in [5.74, 6) is -0.878. The van der Waals surface area contributed by atoms with E-state index in [1.807, 2.05) is 26.8 Å². The summed E-state index contributed by atoms with van der Waals surface area (Å²) in [4.78, 5) is 19.2. The van der Waals surface area contributed by atoms with Crippen LogP contribution in [0.5, 0.6) is 0 Å². The van der Waals surface area contributed by atoms with Crippen molar-refractivity contribution in [2.45, 2.75) is 38.3 Å². The van der Waals surface area contributed by atoms with Crippen LogP contribution in [0, 0.1) is 5.41 Å². The fourth-order valence-corrected chi connectivity index (χ4v) is 4.93. The minimum absolute atomic E-state index is 0.0250. The first-order chi connectivity index (χ1) is 14.1. The zero-order valence-corrected chi connectivity index (χ0v) is 17.6. The summed E-state index contributed by atoms with van der Waals surface area (Å²) >= 11 is 0. The van der Waals surface area contributed by atoms with Crippen molar-refractivity contribution in [3.05, 3.63) is 65.7 Å². The number of nitrogens with zero attached hydrogens (tertiary/aromatic N) is 3. The lowest BCUT2D eigenvalue weighted by Gasteiger charge is -2.35. The number of benzene rings is 1. The first-order valence-corrected chi connectivity index (χ1v) is 10.9. The number of carbonyl (C=O) groups is 1. The third kappa shape index (κ3) is 3.35. The Balaban J connectivity index is 1.79. The normalized spacial score (nSPS) is 20.6. The Bertz CT molecular complexity index is 1180. The topological polar surface area (TPSA) is 112 Å². The number of hydrogen-bond donors (Lipinski definition) is 2. The highest BCUT2D eigenvalue weighted by atomic mass is 32.2. The number of rotatable bonds is 3. The monoisotopic (exact) mass is 426 g/mol. The molecule has 3 heterocycles. The molecule has 1 aromatic heterocycles. The van der Waals surface area contributed by atoms with E-state index in [0.717, 1.165) is 0 Å². The van der Waals surface area contributed by atoms with Gasteiger partial charge in [-0.05, 0) is 29.7 Å². The van der Waals surface area contributed by atoms with Crippen molar-refractivity contribution in [2.75, 3.05) is 5.32 Å². The number of pyridine rings is 1. The van der Waals surface area contributed by atoms with Crippen LogP contribution in [0.25, 0.3) is 0 Å². The van der Waals surface area contributed by atoms with Gasteiger partial charge >= 0.3 is 0 Å². The van der Waals surface area contributed by atoms with E-state index in [1.165, 1.54) is 11.0 Å². The SMILES string of the molecule is CC(C)(C)[C@H]1C(O)=C(C2=NS(=O)(=O)c3ccccc3N2)C(=O)N1Cc1ccccn1. The van der Waals surface area contributed by atoms with Crippen LogP contribution in [0.3, 0.4) is 0 Å². The lowest BCUT2D eigenvalue weighted by Crippen LogP contribution is -2.43. The van der Waals surface area contributed by atoms with Gasteiger partial charge in [-0.3, -0.25) is 9.78 Å². The quantitative estimate of drug-likeness (QED) is 0.781. The molecule has 8 nitrogen and oxygen atoms in total. The molecule has 2 aliphatic rings. The van der Waals surface area contributed by atoms with Gasteiger partial charge in [0.25, 0.3) is 15.9 Å². The standard InChI is InChI=1S/C21H22N4O4S/c1-21(2,3)18-17(26)16(20(27)25(18)12-13-8-6-7-11-22-13)19-23-14-9-4-5-10-15(14)30(28,29)24-19/h4-11,18,26H,12H2,1-3H3,(H,23,24)/t18-/m1/s1. The smallest absolute Gasteiger partial charge is 0.286 e. The van der Waals surface area contributed by atoms with E-state index >= 15 is 0 Å². The van der Waals surface area contributed by atoms with Crippen LogP contribution in [0.15, 0.2) is 69.3 Å². The molecule has 2 N–H and O–H groups in total. The van der Waals surface area contributed by atoms with Gasteiger partial charge in [-0.2, -0.15) is 8.42 Å². The number of amides is 1. The van der Waals surface area contributed by atoms with E-state index in [9.17, 15) is 18.3 Å². The number of sulfonamides is 1. The van der Waals surface area contributed by atoms with Gasteiger partial charge in [0.15, 0.2) is 5.84 Å². The molecular formula is C21H22N4O4S. The van der Waals surface area contributed by atoms with Crippen molar-refractivity contribution in [3.8, 4) is 0 Å². The zero-order valence-electron chi connectivity index (χ0n) is 16.8. The molecule has 0 bridgehead atoms. The summed E-state index contributed by atoms with van der Waals surface area (Å²) in [6.07, 6.45) is 1.63. The molecule has 0 saturated carbocycles. The molecule has 2 aromatic rings.